The standard InChI is InChI=1S/3C10H8N2.ClH.6H2O/c3*1-3-7-11-9(5-1)10-6-2-4-8-12-10;;;;;;;/h3*1-8H;1H;6*1H2. The lowest BCUT2D eigenvalue weighted by Crippen LogP contribution is -1.83. The van der Waals surface area contributed by atoms with Gasteiger partial charge in [-0.05, 0) is 72.8 Å². The molecule has 6 rings (SSSR count). The second-order valence-electron chi connectivity index (χ2n) is 7.29. The van der Waals surface area contributed by atoms with Gasteiger partial charge in [0, 0.05) is 37.2 Å². The van der Waals surface area contributed by atoms with Crippen molar-refractivity contribution in [2.24, 2.45) is 0 Å². The third-order valence-electron chi connectivity index (χ3n) is 4.78. The summed E-state index contributed by atoms with van der Waals surface area (Å²) in [6, 6.07) is 34.8. The Kier molecular flexibility index (Phi) is 27.1. The largest absolute Gasteiger partial charge is 0.412 e. The zero-order valence-corrected chi connectivity index (χ0v) is 23.8. The van der Waals surface area contributed by atoms with Gasteiger partial charge >= 0.3 is 0 Å². The van der Waals surface area contributed by atoms with Gasteiger partial charge in [-0.3, -0.25) is 29.9 Å². The van der Waals surface area contributed by atoms with Crippen LogP contribution in [-0.2, 0) is 0 Å². The Labute approximate surface area is 255 Å². The minimum Gasteiger partial charge on any atom is -0.412 e. The van der Waals surface area contributed by atoms with Gasteiger partial charge in [0.15, 0.2) is 0 Å². The third kappa shape index (κ3) is 14.9. The molecule has 6 aromatic heterocycles. The van der Waals surface area contributed by atoms with Crippen molar-refractivity contribution in [1.29, 1.82) is 0 Å². The van der Waals surface area contributed by atoms with Crippen molar-refractivity contribution in [3.05, 3.63) is 146 Å². The number of pyridine rings is 6. The van der Waals surface area contributed by atoms with Gasteiger partial charge in [0.05, 0.1) is 34.2 Å². The van der Waals surface area contributed by atoms with Crippen molar-refractivity contribution in [3.63, 3.8) is 0 Å². The first-order chi connectivity index (χ1) is 17.9. The van der Waals surface area contributed by atoms with Gasteiger partial charge in [-0.2, -0.15) is 0 Å². The summed E-state index contributed by atoms with van der Waals surface area (Å²) in [5.74, 6) is 0. The normalized spacial score (nSPS) is 8.09. The van der Waals surface area contributed by atoms with E-state index in [1.807, 2.05) is 109 Å². The van der Waals surface area contributed by atoms with Gasteiger partial charge < -0.3 is 32.9 Å². The van der Waals surface area contributed by atoms with Crippen LogP contribution >= 0.6 is 12.4 Å². The van der Waals surface area contributed by atoms with Crippen LogP contribution in [0.1, 0.15) is 0 Å². The SMILES string of the molecule is Cl.O.O.O.O.O.O.c1ccc(-c2ccccn2)nc1.c1ccc(-c2ccccn2)nc1.c1ccc(-c2ccccn2)nc1. The Hall–Kier alpha value is -5.05. The van der Waals surface area contributed by atoms with E-state index in [-0.39, 0.29) is 45.3 Å². The third-order valence-corrected chi connectivity index (χ3v) is 4.78. The van der Waals surface area contributed by atoms with Crippen molar-refractivity contribution in [2.75, 3.05) is 0 Å². The molecule has 230 valence electrons. The van der Waals surface area contributed by atoms with E-state index < -0.39 is 0 Å². The van der Waals surface area contributed by atoms with E-state index in [9.17, 15) is 0 Å². The van der Waals surface area contributed by atoms with Gasteiger partial charge in [0.1, 0.15) is 0 Å². The van der Waals surface area contributed by atoms with Gasteiger partial charge in [0.2, 0.25) is 0 Å². The van der Waals surface area contributed by atoms with Crippen LogP contribution in [0, 0.1) is 0 Å². The fourth-order valence-electron chi connectivity index (χ4n) is 3.09. The second-order valence-corrected chi connectivity index (χ2v) is 7.29. The van der Waals surface area contributed by atoms with E-state index in [4.69, 9.17) is 0 Å². The number of halogens is 1. The summed E-state index contributed by atoms with van der Waals surface area (Å²) in [6.45, 7) is 0. The molecule has 0 bridgehead atoms. The van der Waals surface area contributed by atoms with Crippen molar-refractivity contribution in [1.82, 2.24) is 29.9 Å². The average Bonchev–Trinajstić information content (AvgIpc) is 3.01. The van der Waals surface area contributed by atoms with Crippen LogP contribution in [0.3, 0.4) is 0 Å². The smallest absolute Gasteiger partial charge is 0.0886 e. The Bertz CT molecular complexity index is 1130. The lowest BCUT2D eigenvalue weighted by atomic mass is 10.2. The highest BCUT2D eigenvalue weighted by Crippen LogP contribution is 2.12. The van der Waals surface area contributed by atoms with Crippen molar-refractivity contribution in [2.45, 2.75) is 0 Å². The molecule has 0 aliphatic heterocycles. The minimum absolute atomic E-state index is 0. The van der Waals surface area contributed by atoms with Crippen LogP contribution < -0.4 is 0 Å². The quantitative estimate of drug-likeness (QED) is 0.287. The zero-order valence-electron chi connectivity index (χ0n) is 22.9. The summed E-state index contributed by atoms with van der Waals surface area (Å²) in [5, 5.41) is 0. The van der Waals surface area contributed by atoms with Crippen LogP contribution in [0.4, 0.5) is 0 Å². The first-order valence-electron chi connectivity index (χ1n) is 11.4. The fourth-order valence-corrected chi connectivity index (χ4v) is 3.09. The topological polar surface area (TPSA) is 266 Å². The molecule has 0 radical (unpaired) electrons. The average molecular weight is 613 g/mol. The number of aromatic nitrogens is 6. The summed E-state index contributed by atoms with van der Waals surface area (Å²) in [7, 11) is 0. The lowest BCUT2D eigenvalue weighted by molar-refractivity contribution is 0.823. The molecule has 0 spiro atoms. The van der Waals surface area contributed by atoms with Gasteiger partial charge in [-0.15, -0.1) is 12.4 Å². The molecular weight excluding hydrogens is 576 g/mol. The minimum atomic E-state index is 0. The highest BCUT2D eigenvalue weighted by atomic mass is 35.5. The van der Waals surface area contributed by atoms with E-state index in [1.165, 1.54) is 0 Å². The van der Waals surface area contributed by atoms with Crippen LogP contribution in [-0.4, -0.2) is 62.8 Å². The summed E-state index contributed by atoms with van der Waals surface area (Å²) in [6.07, 6.45) is 10.6. The molecular formula is C30H37ClN6O6. The molecule has 6 aromatic rings. The van der Waals surface area contributed by atoms with E-state index >= 15 is 0 Å². The molecule has 0 fully saturated rings. The van der Waals surface area contributed by atoms with Gasteiger partial charge in [0.25, 0.3) is 0 Å². The Morgan fingerprint density at radius 3 is 0.465 bits per heavy atom. The van der Waals surface area contributed by atoms with Crippen LogP contribution in [0.5, 0.6) is 0 Å². The molecule has 0 aromatic carbocycles. The number of nitrogens with zero attached hydrogens (tertiary/aromatic N) is 6. The van der Waals surface area contributed by atoms with Gasteiger partial charge in [-0.25, -0.2) is 0 Å². The summed E-state index contributed by atoms with van der Waals surface area (Å²) >= 11 is 0. The number of hydrogen-bond donors (Lipinski definition) is 0. The van der Waals surface area contributed by atoms with Crippen molar-refractivity contribution < 1.29 is 32.9 Å². The van der Waals surface area contributed by atoms with E-state index in [0.29, 0.717) is 0 Å². The zero-order chi connectivity index (χ0) is 24.7. The fraction of sp³-hybridized carbons (Fsp3) is 0. The monoisotopic (exact) mass is 612 g/mol. The van der Waals surface area contributed by atoms with E-state index in [2.05, 4.69) is 29.9 Å². The number of hydrogen-bond acceptors (Lipinski definition) is 6. The first kappa shape index (κ1) is 45.0. The summed E-state index contributed by atoms with van der Waals surface area (Å²) in [5.41, 5.74) is 5.49. The molecule has 0 amide bonds. The highest BCUT2D eigenvalue weighted by Gasteiger charge is 1.97. The molecule has 43 heavy (non-hydrogen) atoms. The predicted octanol–water partition coefficient (Wildman–Crippen LogP) is 1.90. The lowest BCUT2D eigenvalue weighted by Gasteiger charge is -1.96. The van der Waals surface area contributed by atoms with Crippen molar-refractivity contribution in [3.8, 4) is 34.2 Å². The second kappa shape index (κ2) is 25.9. The molecule has 6 heterocycles. The molecule has 12 N–H and O–H groups in total. The van der Waals surface area contributed by atoms with Crippen LogP contribution in [0.2, 0.25) is 0 Å². The van der Waals surface area contributed by atoms with Crippen molar-refractivity contribution >= 4 is 12.4 Å². The Balaban J connectivity index is -0.000000245. The highest BCUT2D eigenvalue weighted by molar-refractivity contribution is 5.85. The molecule has 0 saturated carbocycles. The first-order valence-corrected chi connectivity index (χ1v) is 11.4. The van der Waals surface area contributed by atoms with E-state index in [1.54, 1.807) is 37.2 Å². The molecule has 0 unspecified atom stereocenters. The maximum atomic E-state index is 4.19. The summed E-state index contributed by atoms with van der Waals surface area (Å²) < 4.78 is 0. The molecule has 13 heteroatoms. The number of rotatable bonds is 3. The molecule has 0 aliphatic rings. The summed E-state index contributed by atoms with van der Waals surface area (Å²) in [4.78, 5) is 25.1. The predicted molar refractivity (Wildman–Crippen MR) is 171 cm³/mol. The Morgan fingerprint density at radius 1 is 0.233 bits per heavy atom. The Morgan fingerprint density at radius 2 is 0.372 bits per heavy atom. The maximum absolute atomic E-state index is 4.19. The molecule has 0 saturated heterocycles. The van der Waals surface area contributed by atoms with Crippen LogP contribution in [0.25, 0.3) is 34.2 Å². The van der Waals surface area contributed by atoms with E-state index in [0.717, 1.165) is 34.2 Å². The molecule has 12 nitrogen and oxygen atoms in total. The maximum Gasteiger partial charge on any atom is 0.0886 e. The molecule has 0 atom stereocenters. The van der Waals surface area contributed by atoms with Crippen LogP contribution in [0.15, 0.2) is 146 Å². The van der Waals surface area contributed by atoms with Gasteiger partial charge in [-0.1, -0.05) is 36.4 Å². The molecule has 0 aliphatic carbocycles.